The zero-order valence-electron chi connectivity index (χ0n) is 9.87. The van der Waals surface area contributed by atoms with Crippen LogP contribution < -0.4 is 11.1 Å². The number of aryl methyl sites for hydroxylation is 1. The largest absolute Gasteiger partial charge is 0.398 e. The number of nitrogen functional groups attached to an aromatic ring is 1. The molecule has 1 aliphatic heterocycles. The highest BCUT2D eigenvalue weighted by atomic mass is 15.2. The summed E-state index contributed by atoms with van der Waals surface area (Å²) in [6.07, 6.45) is 4.50. The molecule has 16 heavy (non-hydrogen) atoms. The van der Waals surface area contributed by atoms with Gasteiger partial charge in [-0.3, -0.25) is 0 Å². The van der Waals surface area contributed by atoms with Crippen LogP contribution in [0.1, 0.15) is 18.4 Å². The van der Waals surface area contributed by atoms with Gasteiger partial charge in [-0.1, -0.05) is 0 Å². The molecule has 0 spiro atoms. The van der Waals surface area contributed by atoms with Gasteiger partial charge >= 0.3 is 0 Å². The lowest BCUT2D eigenvalue weighted by Gasteiger charge is -2.15. The number of rotatable bonds is 4. The number of pyridine rings is 1. The van der Waals surface area contributed by atoms with Gasteiger partial charge in [-0.2, -0.15) is 0 Å². The zero-order valence-corrected chi connectivity index (χ0v) is 9.87. The number of anilines is 2. The highest BCUT2D eigenvalue weighted by Crippen LogP contribution is 2.13. The Labute approximate surface area is 96.8 Å². The molecule has 0 bridgehead atoms. The summed E-state index contributed by atoms with van der Waals surface area (Å²) < 4.78 is 0. The van der Waals surface area contributed by atoms with Crippen molar-refractivity contribution >= 4 is 11.5 Å². The van der Waals surface area contributed by atoms with Gasteiger partial charge in [-0.25, -0.2) is 4.98 Å². The molecule has 1 aliphatic rings. The minimum Gasteiger partial charge on any atom is -0.398 e. The quantitative estimate of drug-likeness (QED) is 0.807. The fourth-order valence-corrected chi connectivity index (χ4v) is 1.98. The Morgan fingerprint density at radius 2 is 2.19 bits per heavy atom. The molecule has 4 nitrogen and oxygen atoms in total. The topological polar surface area (TPSA) is 54.2 Å². The van der Waals surface area contributed by atoms with Crippen LogP contribution in [0.25, 0.3) is 0 Å². The Bertz CT molecular complexity index is 345. The second kappa shape index (κ2) is 5.16. The Hall–Kier alpha value is -1.29. The van der Waals surface area contributed by atoms with Crippen molar-refractivity contribution in [2.75, 3.05) is 37.2 Å². The van der Waals surface area contributed by atoms with Crippen LogP contribution in [0.5, 0.6) is 0 Å². The van der Waals surface area contributed by atoms with Crippen LogP contribution >= 0.6 is 0 Å². The van der Waals surface area contributed by atoms with Crippen LogP contribution in [-0.4, -0.2) is 36.1 Å². The smallest absolute Gasteiger partial charge is 0.128 e. The molecule has 4 heteroatoms. The van der Waals surface area contributed by atoms with Crippen molar-refractivity contribution in [1.29, 1.82) is 0 Å². The van der Waals surface area contributed by atoms with Gasteiger partial charge in [-0.15, -0.1) is 0 Å². The van der Waals surface area contributed by atoms with Gasteiger partial charge in [0.25, 0.3) is 0 Å². The van der Waals surface area contributed by atoms with E-state index >= 15 is 0 Å². The molecule has 2 heterocycles. The van der Waals surface area contributed by atoms with Crippen LogP contribution in [-0.2, 0) is 0 Å². The van der Waals surface area contributed by atoms with E-state index in [1.165, 1.54) is 25.9 Å². The predicted octanol–water partition coefficient (Wildman–Crippen LogP) is 1.48. The number of hydrogen-bond acceptors (Lipinski definition) is 4. The van der Waals surface area contributed by atoms with Gasteiger partial charge in [0.15, 0.2) is 0 Å². The highest BCUT2D eigenvalue weighted by Gasteiger charge is 2.10. The third-order valence-corrected chi connectivity index (χ3v) is 3.08. The van der Waals surface area contributed by atoms with Crippen LogP contribution in [0.4, 0.5) is 11.5 Å². The number of nitrogens with one attached hydrogen (secondary N) is 1. The summed E-state index contributed by atoms with van der Waals surface area (Å²) >= 11 is 0. The zero-order chi connectivity index (χ0) is 11.4. The number of aromatic nitrogens is 1. The van der Waals surface area contributed by atoms with Crippen LogP contribution in [0.15, 0.2) is 12.3 Å². The van der Waals surface area contributed by atoms with Crippen LogP contribution in [0.3, 0.4) is 0 Å². The molecule has 0 aliphatic carbocycles. The molecule has 0 saturated carbocycles. The first-order chi connectivity index (χ1) is 7.75. The molecule has 1 aromatic rings. The third kappa shape index (κ3) is 2.85. The number of likely N-dealkylation sites (tertiary alicyclic amines) is 1. The predicted molar refractivity (Wildman–Crippen MR) is 67.6 cm³/mol. The molecule has 3 N–H and O–H groups in total. The summed E-state index contributed by atoms with van der Waals surface area (Å²) in [4.78, 5) is 6.77. The van der Waals surface area contributed by atoms with E-state index in [2.05, 4.69) is 15.2 Å². The van der Waals surface area contributed by atoms with Crippen molar-refractivity contribution in [2.24, 2.45) is 0 Å². The number of nitrogens with zero attached hydrogens (tertiary/aromatic N) is 2. The summed E-state index contributed by atoms with van der Waals surface area (Å²) in [6.45, 7) is 6.48. The van der Waals surface area contributed by atoms with E-state index in [9.17, 15) is 0 Å². The van der Waals surface area contributed by atoms with E-state index in [0.717, 1.165) is 30.2 Å². The first-order valence-corrected chi connectivity index (χ1v) is 5.94. The molecular formula is C12H20N4. The fourth-order valence-electron chi connectivity index (χ4n) is 1.98. The molecule has 0 amide bonds. The van der Waals surface area contributed by atoms with Crippen molar-refractivity contribution in [1.82, 2.24) is 9.88 Å². The van der Waals surface area contributed by atoms with E-state index in [1.807, 2.05) is 19.2 Å². The minimum absolute atomic E-state index is 0.804. The molecule has 1 saturated heterocycles. The van der Waals surface area contributed by atoms with Gasteiger partial charge < -0.3 is 16.0 Å². The lowest BCUT2D eigenvalue weighted by atomic mass is 10.2. The Balaban J connectivity index is 1.78. The van der Waals surface area contributed by atoms with Gasteiger partial charge in [0.05, 0.1) is 0 Å². The van der Waals surface area contributed by atoms with Crippen molar-refractivity contribution in [3.8, 4) is 0 Å². The van der Waals surface area contributed by atoms with Crippen LogP contribution in [0, 0.1) is 6.92 Å². The van der Waals surface area contributed by atoms with Gasteiger partial charge in [-0.05, 0) is 38.4 Å². The lowest BCUT2D eigenvalue weighted by molar-refractivity contribution is 0.352. The molecule has 0 radical (unpaired) electrons. The van der Waals surface area contributed by atoms with E-state index in [0.29, 0.717) is 0 Å². The normalized spacial score (nSPS) is 16.6. The molecule has 0 atom stereocenters. The third-order valence-electron chi connectivity index (χ3n) is 3.08. The number of nitrogens with two attached hydrogens (primary N) is 1. The Kier molecular flexibility index (Phi) is 3.62. The molecule has 1 aromatic heterocycles. The molecule has 0 unspecified atom stereocenters. The van der Waals surface area contributed by atoms with Gasteiger partial charge in [0.1, 0.15) is 5.82 Å². The average Bonchev–Trinajstić information content (AvgIpc) is 2.76. The van der Waals surface area contributed by atoms with Crippen molar-refractivity contribution < 1.29 is 0 Å². The fraction of sp³-hybridized carbons (Fsp3) is 0.583. The molecule has 0 aromatic carbocycles. The monoisotopic (exact) mass is 220 g/mol. The second-order valence-electron chi connectivity index (χ2n) is 4.40. The summed E-state index contributed by atoms with van der Waals surface area (Å²) in [5.41, 5.74) is 7.66. The SMILES string of the molecule is Cc1cnc(NCCN2CCCC2)cc1N. The maximum atomic E-state index is 5.82. The summed E-state index contributed by atoms with van der Waals surface area (Å²) in [5, 5.41) is 3.31. The number of hydrogen-bond donors (Lipinski definition) is 2. The van der Waals surface area contributed by atoms with Gasteiger partial charge in [0, 0.05) is 31.0 Å². The second-order valence-corrected chi connectivity index (χ2v) is 4.40. The summed E-state index contributed by atoms with van der Waals surface area (Å²) in [6, 6.07) is 1.90. The van der Waals surface area contributed by atoms with E-state index in [-0.39, 0.29) is 0 Å². The minimum atomic E-state index is 0.804. The highest BCUT2D eigenvalue weighted by molar-refractivity contribution is 5.53. The molecule has 88 valence electrons. The summed E-state index contributed by atoms with van der Waals surface area (Å²) in [7, 11) is 0. The van der Waals surface area contributed by atoms with Crippen molar-refractivity contribution in [3.05, 3.63) is 17.8 Å². The van der Waals surface area contributed by atoms with Crippen molar-refractivity contribution in [2.45, 2.75) is 19.8 Å². The maximum Gasteiger partial charge on any atom is 0.128 e. The van der Waals surface area contributed by atoms with Gasteiger partial charge in [0.2, 0.25) is 0 Å². The van der Waals surface area contributed by atoms with E-state index in [1.54, 1.807) is 0 Å². The molecular weight excluding hydrogens is 200 g/mol. The lowest BCUT2D eigenvalue weighted by Crippen LogP contribution is -2.26. The maximum absolute atomic E-state index is 5.82. The van der Waals surface area contributed by atoms with Crippen LogP contribution in [0.2, 0.25) is 0 Å². The molecule has 1 fully saturated rings. The first-order valence-electron chi connectivity index (χ1n) is 5.94. The van der Waals surface area contributed by atoms with E-state index in [4.69, 9.17) is 5.73 Å². The Morgan fingerprint density at radius 3 is 2.88 bits per heavy atom. The van der Waals surface area contributed by atoms with E-state index < -0.39 is 0 Å². The summed E-state index contributed by atoms with van der Waals surface area (Å²) in [5.74, 6) is 0.877. The van der Waals surface area contributed by atoms with Crippen molar-refractivity contribution in [3.63, 3.8) is 0 Å². The molecule has 2 rings (SSSR count). The first kappa shape index (κ1) is 11.2. The Morgan fingerprint density at radius 1 is 1.44 bits per heavy atom. The average molecular weight is 220 g/mol. The standard InChI is InChI=1S/C12H20N4/c1-10-9-15-12(8-11(10)13)14-4-7-16-5-2-3-6-16/h8-9H,2-7H2,1H3,(H3,13,14,15).